The minimum atomic E-state index is -1.01. The Morgan fingerprint density at radius 2 is 1.71 bits per heavy atom. The SMILES string of the molecule is CC.CCCC(C)O.COCC1CCCN1Cc1ccc(C(=O)NC(CCSC)C(=O)O)c(-c2ccccc2C)c1.OC1CCCCC1. The molecule has 272 valence electrons. The average molecular weight is 689 g/mol. The van der Waals surface area contributed by atoms with Crippen LogP contribution < -0.4 is 5.32 Å². The molecule has 2 fully saturated rings. The Kier molecular flexibility index (Phi) is 23.2. The third kappa shape index (κ3) is 16.3. The summed E-state index contributed by atoms with van der Waals surface area (Å²) in [4.78, 5) is 27.3. The molecule has 2 aromatic carbocycles. The second-order valence-electron chi connectivity index (χ2n) is 12.5. The van der Waals surface area contributed by atoms with E-state index < -0.39 is 12.0 Å². The molecule has 3 unspecified atom stereocenters. The van der Waals surface area contributed by atoms with Gasteiger partial charge in [0.25, 0.3) is 5.91 Å². The summed E-state index contributed by atoms with van der Waals surface area (Å²) in [5.74, 6) is -0.698. The zero-order valence-electron chi connectivity index (χ0n) is 30.7. The van der Waals surface area contributed by atoms with Crippen LogP contribution in [0.25, 0.3) is 11.1 Å². The molecule has 1 amide bonds. The van der Waals surface area contributed by atoms with Crippen molar-refractivity contribution in [2.45, 2.75) is 130 Å². The fraction of sp³-hybridized carbons (Fsp3) is 0.641. The fourth-order valence-corrected chi connectivity index (χ4v) is 6.40. The summed E-state index contributed by atoms with van der Waals surface area (Å²) in [6.45, 7) is 12.4. The number of likely N-dealkylation sites (tertiary alicyclic amines) is 1. The van der Waals surface area contributed by atoms with Gasteiger partial charge in [-0.3, -0.25) is 9.69 Å². The van der Waals surface area contributed by atoms with E-state index in [4.69, 9.17) is 14.9 Å². The number of hydrogen-bond donors (Lipinski definition) is 4. The maximum Gasteiger partial charge on any atom is 0.326 e. The molecule has 1 aliphatic heterocycles. The second-order valence-corrected chi connectivity index (χ2v) is 13.5. The smallest absolute Gasteiger partial charge is 0.326 e. The topological polar surface area (TPSA) is 119 Å². The van der Waals surface area contributed by atoms with Gasteiger partial charge in [0, 0.05) is 25.3 Å². The van der Waals surface area contributed by atoms with Crippen molar-refractivity contribution < 1.29 is 29.6 Å². The number of aliphatic carboxylic acids is 1. The Balaban J connectivity index is 0.000000635. The number of benzene rings is 2. The van der Waals surface area contributed by atoms with E-state index in [-0.39, 0.29) is 18.1 Å². The van der Waals surface area contributed by atoms with Crippen molar-refractivity contribution in [3.8, 4) is 11.1 Å². The summed E-state index contributed by atoms with van der Waals surface area (Å²) in [6.07, 6.45) is 12.4. The first-order valence-corrected chi connectivity index (χ1v) is 19.3. The molecule has 4 rings (SSSR count). The normalized spacial score (nSPS) is 17.4. The number of aliphatic hydroxyl groups is 2. The first kappa shape index (κ1) is 43.6. The van der Waals surface area contributed by atoms with Gasteiger partial charge in [0.2, 0.25) is 0 Å². The molecule has 1 aliphatic carbocycles. The van der Waals surface area contributed by atoms with E-state index in [1.807, 2.05) is 70.3 Å². The number of ether oxygens (including phenoxy) is 1. The van der Waals surface area contributed by atoms with Crippen LogP contribution in [0.2, 0.25) is 0 Å². The molecule has 2 aromatic rings. The Bertz CT molecular complexity index is 1170. The van der Waals surface area contributed by atoms with Crippen LogP contribution in [0.15, 0.2) is 42.5 Å². The number of hydrogen-bond acceptors (Lipinski definition) is 7. The van der Waals surface area contributed by atoms with Crippen molar-refractivity contribution in [1.82, 2.24) is 10.2 Å². The Morgan fingerprint density at radius 3 is 2.23 bits per heavy atom. The summed E-state index contributed by atoms with van der Waals surface area (Å²) in [5, 5.41) is 29.8. The number of nitrogens with zero attached hydrogens (tertiary/aromatic N) is 1. The van der Waals surface area contributed by atoms with Crippen LogP contribution in [-0.4, -0.2) is 88.7 Å². The van der Waals surface area contributed by atoms with Crippen LogP contribution in [0.4, 0.5) is 0 Å². The van der Waals surface area contributed by atoms with Gasteiger partial charge in [-0.2, -0.15) is 11.8 Å². The summed E-state index contributed by atoms with van der Waals surface area (Å²) in [6, 6.07) is 13.4. The van der Waals surface area contributed by atoms with E-state index in [0.29, 0.717) is 23.8 Å². The number of rotatable bonds is 13. The van der Waals surface area contributed by atoms with E-state index >= 15 is 0 Å². The predicted molar refractivity (Wildman–Crippen MR) is 201 cm³/mol. The largest absolute Gasteiger partial charge is 0.480 e. The van der Waals surface area contributed by atoms with Crippen molar-refractivity contribution in [2.75, 3.05) is 32.3 Å². The van der Waals surface area contributed by atoms with Gasteiger partial charge in [-0.25, -0.2) is 4.79 Å². The maximum atomic E-state index is 13.2. The van der Waals surface area contributed by atoms with E-state index in [9.17, 15) is 14.7 Å². The first-order valence-electron chi connectivity index (χ1n) is 17.9. The van der Waals surface area contributed by atoms with Gasteiger partial charge < -0.3 is 25.4 Å². The lowest BCUT2D eigenvalue weighted by Gasteiger charge is -2.24. The zero-order valence-corrected chi connectivity index (χ0v) is 31.5. The van der Waals surface area contributed by atoms with Crippen LogP contribution >= 0.6 is 11.8 Å². The average Bonchev–Trinajstić information content (AvgIpc) is 3.51. The number of methoxy groups -OCH3 is 1. The molecule has 8 nitrogen and oxygen atoms in total. The van der Waals surface area contributed by atoms with Crippen LogP contribution in [0.1, 0.15) is 113 Å². The van der Waals surface area contributed by atoms with Crippen LogP contribution in [0, 0.1) is 6.92 Å². The summed E-state index contributed by atoms with van der Waals surface area (Å²) >= 11 is 1.56. The minimum absolute atomic E-state index is 0.0359. The summed E-state index contributed by atoms with van der Waals surface area (Å²) in [5.41, 5.74) is 4.51. The third-order valence-electron chi connectivity index (χ3n) is 8.50. The lowest BCUT2D eigenvalue weighted by Crippen LogP contribution is -2.41. The van der Waals surface area contributed by atoms with Crippen LogP contribution in [0.3, 0.4) is 0 Å². The zero-order chi connectivity index (χ0) is 35.9. The first-order chi connectivity index (χ1) is 23.1. The molecular weight excluding hydrogens is 625 g/mol. The van der Waals surface area contributed by atoms with Gasteiger partial charge >= 0.3 is 5.97 Å². The van der Waals surface area contributed by atoms with Crippen molar-refractivity contribution in [2.24, 2.45) is 0 Å². The molecule has 2 aliphatic rings. The molecule has 9 heteroatoms. The number of thioether (sulfide) groups is 1. The molecule has 3 atom stereocenters. The highest BCUT2D eigenvalue weighted by Gasteiger charge is 2.26. The van der Waals surface area contributed by atoms with Crippen molar-refractivity contribution in [3.05, 3.63) is 59.2 Å². The van der Waals surface area contributed by atoms with Crippen molar-refractivity contribution in [3.63, 3.8) is 0 Å². The molecule has 0 radical (unpaired) electrons. The molecule has 0 aromatic heterocycles. The Labute approximate surface area is 295 Å². The molecule has 1 saturated heterocycles. The molecule has 1 saturated carbocycles. The highest BCUT2D eigenvalue weighted by atomic mass is 32.2. The molecule has 4 N–H and O–H groups in total. The van der Waals surface area contributed by atoms with E-state index in [2.05, 4.69) is 23.2 Å². The lowest BCUT2D eigenvalue weighted by molar-refractivity contribution is -0.139. The van der Waals surface area contributed by atoms with Crippen LogP contribution in [0.5, 0.6) is 0 Å². The second kappa shape index (κ2) is 25.5. The summed E-state index contributed by atoms with van der Waals surface area (Å²) in [7, 11) is 1.74. The maximum absolute atomic E-state index is 13.2. The Morgan fingerprint density at radius 1 is 1.02 bits per heavy atom. The number of carboxylic acid groups (broad SMARTS) is 1. The molecule has 0 spiro atoms. The predicted octanol–water partition coefficient (Wildman–Crippen LogP) is 7.71. The van der Waals surface area contributed by atoms with E-state index in [0.717, 1.165) is 80.5 Å². The van der Waals surface area contributed by atoms with Gasteiger partial charge in [0.1, 0.15) is 6.04 Å². The standard InChI is InChI=1S/C26H34N2O4S.C6H12O.C5H12O.C2H6/c1-18-7-4-5-9-21(18)23-15-19(16-28-13-6-8-20(28)17-32-2)10-11-22(23)25(29)27-24(26(30)31)12-14-33-3;7-6-4-2-1-3-5-6;1-3-4-5(2)6;1-2/h4-5,7,9-11,15,20,24H,6,8,12-14,16-17H2,1-3H3,(H,27,29)(H,30,31);6-7H,1-5H2;5-6H,3-4H2,1-2H3;1-2H3. The number of carbonyl (C=O) groups excluding carboxylic acids is 1. The molecule has 1 heterocycles. The van der Waals surface area contributed by atoms with Crippen molar-refractivity contribution in [1.29, 1.82) is 0 Å². The van der Waals surface area contributed by atoms with E-state index in [1.54, 1.807) is 18.9 Å². The number of nitrogens with one attached hydrogen (secondary N) is 1. The van der Waals surface area contributed by atoms with Gasteiger partial charge in [0.15, 0.2) is 0 Å². The summed E-state index contributed by atoms with van der Waals surface area (Å²) < 4.78 is 5.39. The van der Waals surface area contributed by atoms with Gasteiger partial charge in [-0.15, -0.1) is 0 Å². The molecular formula is C39H64N2O6S. The van der Waals surface area contributed by atoms with E-state index in [1.165, 1.54) is 19.3 Å². The van der Waals surface area contributed by atoms with Crippen LogP contribution in [-0.2, 0) is 16.1 Å². The number of aryl methyl sites for hydroxylation is 1. The minimum Gasteiger partial charge on any atom is -0.480 e. The highest BCUT2D eigenvalue weighted by molar-refractivity contribution is 7.98. The monoisotopic (exact) mass is 688 g/mol. The molecule has 0 bridgehead atoms. The number of carbonyl (C=O) groups is 2. The third-order valence-corrected chi connectivity index (χ3v) is 9.15. The quantitative estimate of drug-likeness (QED) is 0.169. The molecule has 48 heavy (non-hydrogen) atoms. The highest BCUT2D eigenvalue weighted by Crippen LogP contribution is 2.30. The lowest BCUT2D eigenvalue weighted by atomic mass is 9.93. The van der Waals surface area contributed by atoms with Crippen molar-refractivity contribution >= 4 is 23.6 Å². The van der Waals surface area contributed by atoms with Gasteiger partial charge in [0.05, 0.1) is 18.8 Å². The fourth-order valence-electron chi connectivity index (χ4n) is 5.93. The number of aliphatic hydroxyl groups excluding tert-OH is 2. The number of amides is 1. The number of carboxylic acids is 1. The Hall–Kier alpha value is -2.43. The van der Waals surface area contributed by atoms with Gasteiger partial charge in [-0.1, -0.05) is 76.8 Å². The van der Waals surface area contributed by atoms with Gasteiger partial charge in [-0.05, 0) is 105 Å².